The van der Waals surface area contributed by atoms with Crippen molar-refractivity contribution in [2.24, 2.45) is 5.73 Å². The molecule has 1 aromatic carbocycles. The maximum Gasteiger partial charge on any atom is 0.422 e. The molecule has 1 atom stereocenters. The minimum Gasteiger partial charge on any atom is -0.467 e. The Labute approximate surface area is 132 Å². The zero-order valence-electron chi connectivity index (χ0n) is 11.2. The molecule has 4 nitrogen and oxygen atoms in total. The Kier molecular flexibility index (Phi) is 5.00. The molecular weight excluding hydrogens is 345 g/mol. The first-order chi connectivity index (χ1) is 10.7. The third-order valence-corrected chi connectivity index (χ3v) is 3.10. The van der Waals surface area contributed by atoms with E-state index in [0.717, 1.165) is 24.5 Å². The monoisotopic (exact) mass is 353 g/mol. The number of hydrogen-bond donors (Lipinski definition) is 1. The van der Waals surface area contributed by atoms with Gasteiger partial charge in [-0.05, 0) is 6.07 Å². The molecular formula is C13H9ClF5N3O. The third kappa shape index (κ3) is 4.26. The fourth-order valence-corrected chi connectivity index (χ4v) is 1.83. The van der Waals surface area contributed by atoms with Gasteiger partial charge < -0.3 is 10.5 Å². The first-order valence-corrected chi connectivity index (χ1v) is 6.47. The van der Waals surface area contributed by atoms with Crippen LogP contribution in [0.5, 0.6) is 5.88 Å². The van der Waals surface area contributed by atoms with Crippen molar-refractivity contribution >= 4 is 11.6 Å². The molecule has 2 aromatic rings. The quantitative estimate of drug-likeness (QED) is 0.676. The summed E-state index contributed by atoms with van der Waals surface area (Å²) in [5, 5.41) is -0.712. The number of nitrogens with zero attached hydrogens (tertiary/aromatic N) is 2. The molecule has 1 heterocycles. The van der Waals surface area contributed by atoms with Crippen molar-refractivity contribution in [3.63, 3.8) is 0 Å². The van der Waals surface area contributed by atoms with Crippen LogP contribution in [0.1, 0.15) is 17.3 Å². The van der Waals surface area contributed by atoms with Gasteiger partial charge in [-0.3, -0.25) is 4.98 Å². The third-order valence-electron chi connectivity index (χ3n) is 2.75. The number of halogens is 6. The van der Waals surface area contributed by atoms with Gasteiger partial charge in [-0.15, -0.1) is 0 Å². The molecule has 23 heavy (non-hydrogen) atoms. The molecule has 0 saturated heterocycles. The maximum atomic E-state index is 13.9. The van der Waals surface area contributed by atoms with Crippen molar-refractivity contribution in [2.75, 3.05) is 6.61 Å². The fraction of sp³-hybridized carbons (Fsp3) is 0.231. The van der Waals surface area contributed by atoms with Crippen molar-refractivity contribution in [1.29, 1.82) is 0 Å². The first kappa shape index (κ1) is 17.4. The molecule has 1 unspecified atom stereocenters. The average molecular weight is 354 g/mol. The van der Waals surface area contributed by atoms with E-state index >= 15 is 0 Å². The van der Waals surface area contributed by atoms with E-state index in [1.54, 1.807) is 0 Å². The number of ether oxygens (including phenoxy) is 1. The number of rotatable bonds is 4. The highest BCUT2D eigenvalue weighted by Gasteiger charge is 2.28. The lowest BCUT2D eigenvalue weighted by molar-refractivity contribution is -0.154. The van der Waals surface area contributed by atoms with Crippen LogP contribution in [-0.4, -0.2) is 22.8 Å². The van der Waals surface area contributed by atoms with Gasteiger partial charge in [-0.1, -0.05) is 17.7 Å². The van der Waals surface area contributed by atoms with Crippen LogP contribution in [0.3, 0.4) is 0 Å². The van der Waals surface area contributed by atoms with E-state index in [9.17, 15) is 22.0 Å². The van der Waals surface area contributed by atoms with Crippen molar-refractivity contribution in [2.45, 2.75) is 12.2 Å². The van der Waals surface area contributed by atoms with Gasteiger partial charge in [-0.2, -0.15) is 13.2 Å². The molecule has 2 rings (SSSR count). The van der Waals surface area contributed by atoms with E-state index in [1.165, 1.54) is 0 Å². The standard InChI is InChI=1S/C13H9ClF5N3O/c14-10-7(15)2-1-6(11(10)16)12(20)8-3-22-9(4-21-8)23-5-13(17,18)19/h1-4,12H,5,20H2. The molecule has 1 aromatic heterocycles. The van der Waals surface area contributed by atoms with Crippen LogP contribution in [0.15, 0.2) is 24.5 Å². The molecule has 0 amide bonds. The predicted octanol–water partition coefficient (Wildman–Crippen LogP) is 3.40. The topological polar surface area (TPSA) is 61.0 Å². The van der Waals surface area contributed by atoms with Crippen molar-refractivity contribution in [3.8, 4) is 5.88 Å². The highest BCUT2D eigenvalue weighted by molar-refractivity contribution is 6.30. The van der Waals surface area contributed by atoms with Crippen molar-refractivity contribution < 1.29 is 26.7 Å². The Morgan fingerprint density at radius 3 is 2.43 bits per heavy atom. The van der Waals surface area contributed by atoms with Gasteiger partial charge in [0.1, 0.15) is 16.7 Å². The lowest BCUT2D eigenvalue weighted by Crippen LogP contribution is -2.20. The second-order valence-corrected chi connectivity index (χ2v) is 4.80. The minimum atomic E-state index is -4.51. The Bertz CT molecular complexity index is 693. The predicted molar refractivity (Wildman–Crippen MR) is 71.0 cm³/mol. The zero-order valence-corrected chi connectivity index (χ0v) is 12.0. The largest absolute Gasteiger partial charge is 0.467 e. The smallest absolute Gasteiger partial charge is 0.422 e. The zero-order chi connectivity index (χ0) is 17.2. The molecule has 0 aliphatic carbocycles. The maximum absolute atomic E-state index is 13.9. The summed E-state index contributed by atoms with van der Waals surface area (Å²) in [5.74, 6) is -2.35. The number of aromatic nitrogens is 2. The molecule has 124 valence electrons. The highest BCUT2D eigenvalue weighted by Crippen LogP contribution is 2.28. The number of alkyl halides is 3. The van der Waals surface area contributed by atoms with E-state index < -0.39 is 35.5 Å². The summed E-state index contributed by atoms with van der Waals surface area (Å²) in [6, 6.07) is 0.906. The van der Waals surface area contributed by atoms with Crippen LogP contribution in [0.25, 0.3) is 0 Å². The summed E-state index contributed by atoms with van der Waals surface area (Å²) in [6.07, 6.45) is -2.55. The molecule has 0 aliphatic heterocycles. The summed E-state index contributed by atoms with van der Waals surface area (Å²) in [4.78, 5) is 7.37. The highest BCUT2D eigenvalue weighted by atomic mass is 35.5. The molecule has 0 saturated carbocycles. The normalized spacial score (nSPS) is 13.0. The summed E-state index contributed by atoms with van der Waals surface area (Å²) < 4.78 is 67.4. The van der Waals surface area contributed by atoms with Crippen LogP contribution in [0.4, 0.5) is 22.0 Å². The van der Waals surface area contributed by atoms with E-state index in [4.69, 9.17) is 17.3 Å². The summed E-state index contributed by atoms with van der Waals surface area (Å²) in [5.41, 5.74) is 5.70. The Morgan fingerprint density at radius 1 is 1.17 bits per heavy atom. The van der Waals surface area contributed by atoms with Gasteiger partial charge in [0.05, 0.1) is 24.1 Å². The number of nitrogens with two attached hydrogens (primary N) is 1. The number of hydrogen-bond acceptors (Lipinski definition) is 4. The second kappa shape index (κ2) is 6.63. The lowest BCUT2D eigenvalue weighted by atomic mass is 10.0. The van der Waals surface area contributed by atoms with Crippen LogP contribution < -0.4 is 10.5 Å². The van der Waals surface area contributed by atoms with Crippen LogP contribution in [-0.2, 0) is 0 Å². The SMILES string of the molecule is NC(c1cnc(OCC(F)(F)F)cn1)c1ccc(F)c(Cl)c1F. The van der Waals surface area contributed by atoms with Gasteiger partial charge in [-0.25, -0.2) is 13.8 Å². The molecule has 0 radical (unpaired) electrons. The van der Waals surface area contributed by atoms with Gasteiger partial charge in [0.25, 0.3) is 0 Å². The van der Waals surface area contributed by atoms with Gasteiger partial charge in [0.2, 0.25) is 5.88 Å². The molecule has 2 N–H and O–H groups in total. The first-order valence-electron chi connectivity index (χ1n) is 6.09. The molecule has 0 spiro atoms. The molecule has 0 bridgehead atoms. The summed E-state index contributed by atoms with van der Waals surface area (Å²) in [7, 11) is 0. The Morgan fingerprint density at radius 2 is 1.87 bits per heavy atom. The van der Waals surface area contributed by atoms with Crippen LogP contribution in [0, 0.1) is 11.6 Å². The second-order valence-electron chi connectivity index (χ2n) is 4.43. The van der Waals surface area contributed by atoms with E-state index in [2.05, 4.69) is 14.7 Å². The summed E-state index contributed by atoms with van der Waals surface area (Å²) in [6.45, 7) is -1.52. The van der Waals surface area contributed by atoms with Gasteiger partial charge >= 0.3 is 6.18 Å². The van der Waals surface area contributed by atoms with Crippen molar-refractivity contribution in [1.82, 2.24) is 9.97 Å². The minimum absolute atomic E-state index is 0.0472. The van der Waals surface area contributed by atoms with Crippen LogP contribution in [0.2, 0.25) is 5.02 Å². The molecule has 0 aliphatic rings. The van der Waals surface area contributed by atoms with E-state index in [1.807, 2.05) is 0 Å². The fourth-order valence-electron chi connectivity index (χ4n) is 1.66. The van der Waals surface area contributed by atoms with Crippen LogP contribution >= 0.6 is 11.6 Å². The molecule has 0 fully saturated rings. The van der Waals surface area contributed by atoms with E-state index in [0.29, 0.717) is 0 Å². The van der Waals surface area contributed by atoms with Gasteiger partial charge in [0.15, 0.2) is 6.61 Å². The van der Waals surface area contributed by atoms with Crippen molar-refractivity contribution in [3.05, 3.63) is 52.4 Å². The Balaban J connectivity index is 2.18. The van der Waals surface area contributed by atoms with Gasteiger partial charge in [0, 0.05) is 5.56 Å². The number of benzene rings is 1. The average Bonchev–Trinajstić information content (AvgIpc) is 2.50. The lowest BCUT2D eigenvalue weighted by Gasteiger charge is -2.14. The van der Waals surface area contributed by atoms with E-state index in [-0.39, 0.29) is 17.1 Å². The summed E-state index contributed by atoms with van der Waals surface area (Å²) >= 11 is 5.46. The Hall–Kier alpha value is -2.00. The molecule has 10 heteroatoms.